The number of piperidine rings is 1. The molecular weight excluding hydrogens is 350 g/mol. The van der Waals surface area contributed by atoms with Crippen LogP contribution < -0.4 is 0 Å². The maximum atomic E-state index is 12.2. The van der Waals surface area contributed by atoms with Gasteiger partial charge in [-0.3, -0.25) is 0 Å². The van der Waals surface area contributed by atoms with E-state index in [1.807, 2.05) is 38.0 Å². The molecule has 0 bridgehead atoms. The number of likely N-dealkylation sites (tertiary alicyclic amines) is 1. The molecule has 2 heterocycles. The minimum atomic E-state index is -0.460. The lowest BCUT2D eigenvalue weighted by Gasteiger charge is -2.36. The Hall–Kier alpha value is -1.56. The Morgan fingerprint density at radius 2 is 1.92 bits per heavy atom. The number of nitrogens with zero attached hydrogens (tertiary/aromatic N) is 1. The molecule has 5 nitrogen and oxygen atoms in total. The summed E-state index contributed by atoms with van der Waals surface area (Å²) in [5.41, 5.74) is 1.26. The lowest BCUT2D eigenvalue weighted by molar-refractivity contribution is 0.0173. The molecule has 1 aromatic rings. The van der Waals surface area contributed by atoms with Crippen LogP contribution in [-0.2, 0) is 9.47 Å². The van der Waals surface area contributed by atoms with E-state index in [1.165, 1.54) is 12.0 Å². The Morgan fingerprint density at radius 3 is 2.42 bits per heavy atom. The molecule has 1 saturated heterocycles. The second kappa shape index (κ2) is 8.42. The van der Waals surface area contributed by atoms with E-state index in [9.17, 15) is 9.59 Å². The van der Waals surface area contributed by atoms with Crippen LogP contribution in [0.1, 0.15) is 73.7 Å². The molecule has 1 unspecified atom stereocenters. The number of ether oxygens (including phenoxy) is 2. The molecule has 26 heavy (non-hydrogen) atoms. The lowest BCUT2D eigenvalue weighted by Crippen LogP contribution is -2.42. The summed E-state index contributed by atoms with van der Waals surface area (Å²) in [5, 5.41) is 1.91. The molecule has 2 rings (SSSR count). The van der Waals surface area contributed by atoms with Gasteiger partial charge in [0.05, 0.1) is 12.7 Å². The first-order chi connectivity index (χ1) is 12.2. The van der Waals surface area contributed by atoms with Crippen molar-refractivity contribution in [3.63, 3.8) is 0 Å². The molecule has 1 aromatic heterocycles. The highest BCUT2D eigenvalue weighted by Gasteiger charge is 2.32. The number of amides is 1. The Balaban J connectivity index is 2.04. The number of hydrogen-bond acceptors (Lipinski definition) is 5. The number of hydrogen-bond donors (Lipinski definition) is 0. The molecule has 0 radical (unpaired) electrons. The molecule has 6 heteroatoms. The van der Waals surface area contributed by atoms with Crippen LogP contribution in [0.4, 0.5) is 4.79 Å². The topological polar surface area (TPSA) is 55.8 Å². The van der Waals surface area contributed by atoms with Gasteiger partial charge in [0.25, 0.3) is 0 Å². The molecule has 1 amide bonds. The number of carbonyl (C=O) groups excluding carboxylic acids is 2. The van der Waals surface area contributed by atoms with Crippen molar-refractivity contribution >= 4 is 23.4 Å². The van der Waals surface area contributed by atoms with Gasteiger partial charge in [-0.05, 0) is 64.4 Å². The normalized spacial score (nSPS) is 17.1. The van der Waals surface area contributed by atoms with Gasteiger partial charge in [-0.1, -0.05) is 6.92 Å². The highest BCUT2D eigenvalue weighted by atomic mass is 32.1. The summed E-state index contributed by atoms with van der Waals surface area (Å²) in [6, 6.07) is 0. The number of methoxy groups -OCH3 is 1. The standard InChI is InChI=1S/C20H31NO4S/c1-7-15(17-13(2)16(12-26-17)18(22)24-6)14-8-10-21(11-9-14)19(23)25-20(3,4)5/h12,14-15H,7-11H2,1-6H3. The molecule has 0 spiro atoms. The number of thiophene rings is 1. The molecule has 0 aliphatic carbocycles. The summed E-state index contributed by atoms with van der Waals surface area (Å²) in [6.45, 7) is 11.3. The predicted molar refractivity (Wildman–Crippen MR) is 104 cm³/mol. The number of esters is 1. The second-order valence-corrected chi connectivity index (χ2v) is 8.86. The summed E-state index contributed by atoms with van der Waals surface area (Å²) in [5.74, 6) is 0.667. The van der Waals surface area contributed by atoms with E-state index in [-0.39, 0.29) is 12.1 Å². The highest BCUT2D eigenvalue weighted by Crippen LogP contribution is 2.40. The first-order valence-electron chi connectivity index (χ1n) is 9.32. The molecule has 1 atom stereocenters. The zero-order valence-corrected chi connectivity index (χ0v) is 17.6. The molecule has 1 aliphatic heterocycles. The molecule has 0 saturated carbocycles. The van der Waals surface area contributed by atoms with Crippen LogP contribution in [0.3, 0.4) is 0 Å². The number of rotatable bonds is 4. The van der Waals surface area contributed by atoms with Crippen LogP contribution in [0, 0.1) is 12.8 Å². The van der Waals surface area contributed by atoms with Crippen molar-refractivity contribution in [2.45, 2.75) is 65.4 Å². The van der Waals surface area contributed by atoms with Crippen molar-refractivity contribution in [1.82, 2.24) is 4.90 Å². The zero-order valence-electron chi connectivity index (χ0n) is 16.8. The summed E-state index contributed by atoms with van der Waals surface area (Å²) in [4.78, 5) is 27.2. The smallest absolute Gasteiger partial charge is 0.410 e. The van der Waals surface area contributed by atoms with Crippen LogP contribution in [0.25, 0.3) is 0 Å². The maximum absolute atomic E-state index is 12.2. The minimum absolute atomic E-state index is 0.218. The fraction of sp³-hybridized carbons (Fsp3) is 0.700. The van der Waals surface area contributed by atoms with Crippen LogP contribution in [0.2, 0.25) is 0 Å². The van der Waals surface area contributed by atoms with E-state index in [1.54, 1.807) is 11.3 Å². The van der Waals surface area contributed by atoms with Crippen molar-refractivity contribution in [1.29, 1.82) is 0 Å². The third kappa shape index (κ3) is 4.78. The van der Waals surface area contributed by atoms with E-state index in [2.05, 4.69) is 6.92 Å². The summed E-state index contributed by atoms with van der Waals surface area (Å²) < 4.78 is 10.4. The third-order valence-corrected chi connectivity index (χ3v) is 6.24. The molecule has 0 N–H and O–H groups in total. The Labute approximate surface area is 160 Å². The van der Waals surface area contributed by atoms with Gasteiger partial charge < -0.3 is 14.4 Å². The fourth-order valence-electron chi connectivity index (χ4n) is 3.65. The van der Waals surface area contributed by atoms with E-state index >= 15 is 0 Å². The fourth-order valence-corrected chi connectivity index (χ4v) is 4.99. The van der Waals surface area contributed by atoms with Crippen molar-refractivity contribution in [2.75, 3.05) is 20.2 Å². The Morgan fingerprint density at radius 1 is 1.31 bits per heavy atom. The largest absolute Gasteiger partial charge is 0.465 e. The quantitative estimate of drug-likeness (QED) is 0.690. The first kappa shape index (κ1) is 20.7. The first-order valence-corrected chi connectivity index (χ1v) is 10.2. The van der Waals surface area contributed by atoms with E-state index < -0.39 is 5.60 Å². The van der Waals surface area contributed by atoms with Gasteiger partial charge in [0.1, 0.15) is 5.60 Å². The van der Waals surface area contributed by atoms with Crippen molar-refractivity contribution < 1.29 is 19.1 Å². The van der Waals surface area contributed by atoms with Crippen molar-refractivity contribution in [3.8, 4) is 0 Å². The van der Waals surface area contributed by atoms with Gasteiger partial charge in [-0.2, -0.15) is 0 Å². The Kier molecular flexibility index (Phi) is 6.72. The maximum Gasteiger partial charge on any atom is 0.410 e. The lowest BCUT2D eigenvalue weighted by atomic mass is 9.80. The van der Waals surface area contributed by atoms with E-state index in [0.717, 1.165) is 37.9 Å². The molecule has 146 valence electrons. The summed E-state index contributed by atoms with van der Waals surface area (Å²) in [7, 11) is 1.42. The zero-order chi connectivity index (χ0) is 19.5. The Bertz CT molecular complexity index is 639. The average molecular weight is 382 g/mol. The molecule has 1 aliphatic rings. The van der Waals surface area contributed by atoms with Crippen LogP contribution in [0.5, 0.6) is 0 Å². The minimum Gasteiger partial charge on any atom is -0.465 e. The number of carbonyl (C=O) groups is 2. The van der Waals surface area contributed by atoms with Crippen molar-refractivity contribution in [2.24, 2.45) is 5.92 Å². The molecule has 0 aromatic carbocycles. The van der Waals surface area contributed by atoms with Crippen LogP contribution in [0.15, 0.2) is 5.38 Å². The average Bonchev–Trinajstić information content (AvgIpc) is 2.95. The van der Waals surface area contributed by atoms with E-state index in [0.29, 0.717) is 17.4 Å². The monoisotopic (exact) mass is 381 g/mol. The SMILES string of the molecule is CCC(c1scc(C(=O)OC)c1C)C1CCN(C(=O)OC(C)(C)C)CC1. The molecule has 1 fully saturated rings. The van der Waals surface area contributed by atoms with Gasteiger partial charge in [-0.25, -0.2) is 9.59 Å². The van der Waals surface area contributed by atoms with E-state index in [4.69, 9.17) is 9.47 Å². The van der Waals surface area contributed by atoms with Crippen LogP contribution in [-0.4, -0.2) is 42.8 Å². The molecular formula is C20H31NO4S. The second-order valence-electron chi connectivity index (χ2n) is 7.95. The summed E-state index contributed by atoms with van der Waals surface area (Å²) >= 11 is 1.66. The van der Waals surface area contributed by atoms with Gasteiger partial charge >= 0.3 is 12.1 Å². The summed E-state index contributed by atoms with van der Waals surface area (Å²) in [6.07, 6.45) is 2.73. The third-order valence-electron chi connectivity index (χ3n) is 5.02. The van der Waals surface area contributed by atoms with Gasteiger partial charge in [-0.15, -0.1) is 11.3 Å². The highest BCUT2D eigenvalue weighted by molar-refractivity contribution is 7.10. The van der Waals surface area contributed by atoms with Gasteiger partial charge in [0.15, 0.2) is 0 Å². The van der Waals surface area contributed by atoms with Crippen molar-refractivity contribution in [3.05, 3.63) is 21.4 Å². The predicted octanol–water partition coefficient (Wildman–Crippen LogP) is 4.98. The van der Waals surface area contributed by atoms with Crippen LogP contribution >= 0.6 is 11.3 Å². The van der Waals surface area contributed by atoms with Gasteiger partial charge in [0, 0.05) is 23.3 Å². The van der Waals surface area contributed by atoms with Gasteiger partial charge in [0.2, 0.25) is 0 Å².